The van der Waals surface area contributed by atoms with E-state index in [-0.39, 0.29) is 5.41 Å². The standard InChI is InChI=1S/C12H19NO/c1-3-13-10-6-7-12(2,9-10)11-5-4-8-14-11/h4-5,8,10,13H,3,6-7,9H2,1-2H3. The summed E-state index contributed by atoms with van der Waals surface area (Å²) in [5, 5.41) is 3.52. The molecule has 78 valence electrons. The van der Waals surface area contributed by atoms with Crippen LogP contribution in [-0.2, 0) is 5.41 Å². The van der Waals surface area contributed by atoms with E-state index in [1.165, 1.54) is 19.3 Å². The molecule has 1 aromatic heterocycles. The lowest BCUT2D eigenvalue weighted by Crippen LogP contribution is -2.28. The average molecular weight is 193 g/mol. The van der Waals surface area contributed by atoms with Gasteiger partial charge in [0.1, 0.15) is 5.76 Å². The molecule has 1 aliphatic rings. The van der Waals surface area contributed by atoms with E-state index >= 15 is 0 Å². The van der Waals surface area contributed by atoms with Crippen molar-refractivity contribution in [3.63, 3.8) is 0 Å². The minimum absolute atomic E-state index is 0.260. The molecule has 2 unspecified atom stereocenters. The number of hydrogen-bond acceptors (Lipinski definition) is 2. The number of furan rings is 1. The summed E-state index contributed by atoms with van der Waals surface area (Å²) in [7, 11) is 0. The molecule has 1 aliphatic carbocycles. The minimum atomic E-state index is 0.260. The highest BCUT2D eigenvalue weighted by atomic mass is 16.3. The predicted octanol–water partition coefficient (Wildman–Crippen LogP) is 2.70. The highest BCUT2D eigenvalue weighted by Crippen LogP contribution is 2.40. The summed E-state index contributed by atoms with van der Waals surface area (Å²) >= 11 is 0. The summed E-state index contributed by atoms with van der Waals surface area (Å²) < 4.78 is 5.52. The summed E-state index contributed by atoms with van der Waals surface area (Å²) in [6.07, 6.45) is 5.48. The van der Waals surface area contributed by atoms with Gasteiger partial charge in [0.15, 0.2) is 0 Å². The van der Waals surface area contributed by atoms with Crippen molar-refractivity contribution >= 4 is 0 Å². The van der Waals surface area contributed by atoms with Crippen molar-refractivity contribution in [1.82, 2.24) is 5.32 Å². The first kappa shape index (κ1) is 9.78. The van der Waals surface area contributed by atoms with E-state index in [0.717, 1.165) is 12.3 Å². The first-order valence-corrected chi connectivity index (χ1v) is 5.52. The molecular formula is C12H19NO. The molecule has 2 atom stereocenters. The Bertz CT molecular complexity index is 281. The molecule has 1 N–H and O–H groups in total. The Kier molecular flexibility index (Phi) is 2.64. The SMILES string of the molecule is CCNC1CCC(C)(c2ccco2)C1. The second-order valence-corrected chi connectivity index (χ2v) is 4.54. The molecule has 0 spiro atoms. The number of nitrogens with one attached hydrogen (secondary N) is 1. The topological polar surface area (TPSA) is 25.2 Å². The van der Waals surface area contributed by atoms with Gasteiger partial charge in [-0.1, -0.05) is 13.8 Å². The van der Waals surface area contributed by atoms with Crippen LogP contribution in [0.25, 0.3) is 0 Å². The molecule has 2 rings (SSSR count). The summed E-state index contributed by atoms with van der Waals surface area (Å²) in [6.45, 7) is 5.55. The summed E-state index contributed by atoms with van der Waals surface area (Å²) in [6, 6.07) is 4.77. The van der Waals surface area contributed by atoms with Crippen molar-refractivity contribution in [2.45, 2.75) is 44.6 Å². The first-order chi connectivity index (χ1) is 6.74. The second kappa shape index (κ2) is 3.77. The summed E-state index contributed by atoms with van der Waals surface area (Å²) in [4.78, 5) is 0. The van der Waals surface area contributed by atoms with E-state index in [0.29, 0.717) is 6.04 Å². The molecule has 1 aromatic rings. The van der Waals surface area contributed by atoms with Gasteiger partial charge in [-0.3, -0.25) is 0 Å². The number of hydrogen-bond donors (Lipinski definition) is 1. The van der Waals surface area contributed by atoms with Gasteiger partial charge < -0.3 is 9.73 Å². The van der Waals surface area contributed by atoms with Gasteiger partial charge in [0.05, 0.1) is 6.26 Å². The fourth-order valence-electron chi connectivity index (χ4n) is 2.55. The van der Waals surface area contributed by atoms with Gasteiger partial charge >= 0.3 is 0 Å². The van der Waals surface area contributed by atoms with Gasteiger partial charge in [0.2, 0.25) is 0 Å². The van der Waals surface area contributed by atoms with Crippen molar-refractivity contribution in [2.75, 3.05) is 6.54 Å². The molecule has 2 heteroatoms. The van der Waals surface area contributed by atoms with Crippen LogP contribution < -0.4 is 5.32 Å². The highest BCUT2D eigenvalue weighted by molar-refractivity contribution is 5.15. The minimum Gasteiger partial charge on any atom is -0.469 e. The van der Waals surface area contributed by atoms with Crippen molar-refractivity contribution in [1.29, 1.82) is 0 Å². The smallest absolute Gasteiger partial charge is 0.109 e. The van der Waals surface area contributed by atoms with Crippen LogP contribution in [-0.4, -0.2) is 12.6 Å². The van der Waals surface area contributed by atoms with Crippen LogP contribution >= 0.6 is 0 Å². The van der Waals surface area contributed by atoms with Crippen LogP contribution in [0.1, 0.15) is 38.9 Å². The average Bonchev–Trinajstić information content (AvgIpc) is 2.75. The maximum Gasteiger partial charge on any atom is 0.109 e. The lowest BCUT2D eigenvalue weighted by atomic mass is 9.86. The molecule has 1 fully saturated rings. The molecule has 14 heavy (non-hydrogen) atoms. The van der Waals surface area contributed by atoms with Gasteiger partial charge in [-0.15, -0.1) is 0 Å². The molecule has 1 saturated carbocycles. The lowest BCUT2D eigenvalue weighted by Gasteiger charge is -2.21. The molecule has 2 nitrogen and oxygen atoms in total. The Balaban J connectivity index is 2.06. The molecule has 0 aromatic carbocycles. The third-order valence-corrected chi connectivity index (χ3v) is 3.35. The molecule has 1 heterocycles. The Morgan fingerprint density at radius 2 is 2.50 bits per heavy atom. The van der Waals surface area contributed by atoms with E-state index in [1.54, 1.807) is 6.26 Å². The zero-order chi connectivity index (χ0) is 10.0. The lowest BCUT2D eigenvalue weighted by molar-refractivity contribution is 0.357. The van der Waals surface area contributed by atoms with Crippen LogP contribution in [0.4, 0.5) is 0 Å². The Morgan fingerprint density at radius 3 is 3.14 bits per heavy atom. The van der Waals surface area contributed by atoms with Gasteiger partial charge in [0, 0.05) is 11.5 Å². The first-order valence-electron chi connectivity index (χ1n) is 5.52. The zero-order valence-electron chi connectivity index (χ0n) is 9.05. The van der Waals surface area contributed by atoms with Crippen LogP contribution in [0, 0.1) is 0 Å². The Morgan fingerprint density at radius 1 is 1.64 bits per heavy atom. The van der Waals surface area contributed by atoms with Crippen molar-refractivity contribution in [2.24, 2.45) is 0 Å². The molecular weight excluding hydrogens is 174 g/mol. The molecule has 0 saturated heterocycles. The van der Waals surface area contributed by atoms with Crippen molar-refractivity contribution in [3.05, 3.63) is 24.2 Å². The van der Waals surface area contributed by atoms with Crippen molar-refractivity contribution in [3.8, 4) is 0 Å². The Hall–Kier alpha value is -0.760. The van der Waals surface area contributed by atoms with Gasteiger partial charge in [0.25, 0.3) is 0 Å². The zero-order valence-corrected chi connectivity index (χ0v) is 9.05. The van der Waals surface area contributed by atoms with Crippen LogP contribution in [0.5, 0.6) is 0 Å². The Labute approximate surface area is 85.7 Å². The van der Waals surface area contributed by atoms with Crippen molar-refractivity contribution < 1.29 is 4.42 Å². The largest absolute Gasteiger partial charge is 0.469 e. The second-order valence-electron chi connectivity index (χ2n) is 4.54. The van der Waals surface area contributed by atoms with Gasteiger partial charge in [-0.25, -0.2) is 0 Å². The number of rotatable bonds is 3. The predicted molar refractivity (Wildman–Crippen MR) is 57.4 cm³/mol. The third-order valence-electron chi connectivity index (χ3n) is 3.35. The normalized spacial score (nSPS) is 32.3. The third kappa shape index (κ3) is 1.71. The molecule has 0 amide bonds. The quantitative estimate of drug-likeness (QED) is 0.798. The van der Waals surface area contributed by atoms with Crippen LogP contribution in [0.15, 0.2) is 22.8 Å². The summed E-state index contributed by atoms with van der Waals surface area (Å²) in [5.74, 6) is 1.15. The summed E-state index contributed by atoms with van der Waals surface area (Å²) in [5.41, 5.74) is 0.260. The van der Waals surface area contributed by atoms with Crippen LogP contribution in [0.2, 0.25) is 0 Å². The van der Waals surface area contributed by atoms with E-state index < -0.39 is 0 Å². The van der Waals surface area contributed by atoms with Gasteiger partial charge in [-0.05, 0) is 37.9 Å². The fourth-order valence-corrected chi connectivity index (χ4v) is 2.55. The molecule has 0 radical (unpaired) electrons. The van der Waals surface area contributed by atoms with Gasteiger partial charge in [-0.2, -0.15) is 0 Å². The maximum absolute atomic E-state index is 5.52. The van der Waals surface area contributed by atoms with Crippen LogP contribution in [0.3, 0.4) is 0 Å². The van der Waals surface area contributed by atoms with E-state index in [1.807, 2.05) is 6.07 Å². The monoisotopic (exact) mass is 193 g/mol. The van der Waals surface area contributed by atoms with E-state index in [4.69, 9.17) is 4.42 Å². The van der Waals surface area contributed by atoms with E-state index in [2.05, 4.69) is 25.2 Å². The van der Waals surface area contributed by atoms with E-state index in [9.17, 15) is 0 Å². The maximum atomic E-state index is 5.52. The molecule has 0 aliphatic heterocycles. The molecule has 0 bridgehead atoms. The fraction of sp³-hybridized carbons (Fsp3) is 0.667. The highest BCUT2D eigenvalue weighted by Gasteiger charge is 2.38.